The molecule has 2 aromatic rings. The molecule has 1 aliphatic heterocycles. The van der Waals surface area contributed by atoms with Gasteiger partial charge >= 0.3 is 0 Å². The summed E-state index contributed by atoms with van der Waals surface area (Å²) >= 11 is 0. The molecule has 0 aliphatic carbocycles. The molecule has 1 aliphatic rings. The fourth-order valence-corrected chi connectivity index (χ4v) is 2.78. The molecule has 1 heterocycles. The average molecular weight is 295 g/mol. The lowest BCUT2D eigenvalue weighted by Gasteiger charge is -2.35. The van der Waals surface area contributed by atoms with Crippen LogP contribution in [0.25, 0.3) is 0 Å². The smallest absolute Gasteiger partial charge is 0.258 e. The number of benzene rings is 2. The maximum Gasteiger partial charge on any atom is 0.258 e. The van der Waals surface area contributed by atoms with Gasteiger partial charge in [-0.15, -0.1) is 0 Å². The molecule has 0 atom stereocenters. The normalized spacial score (nSPS) is 13.8. The Morgan fingerprint density at radius 1 is 0.955 bits per heavy atom. The lowest BCUT2D eigenvalue weighted by molar-refractivity contribution is 0.0987. The van der Waals surface area contributed by atoms with Crippen molar-refractivity contribution in [3.8, 4) is 0 Å². The molecule has 0 unspecified atom stereocenters. The Bertz CT molecular complexity index is 679. The van der Waals surface area contributed by atoms with Gasteiger partial charge in [0.15, 0.2) is 0 Å². The number of carbonyl (C=O) groups is 1. The van der Waals surface area contributed by atoms with Gasteiger partial charge in [-0.3, -0.25) is 4.79 Å². The quantitative estimate of drug-likeness (QED) is 0.852. The first-order chi connectivity index (χ1) is 10.6. The number of carbonyl (C=O) groups excluding carboxylic acids is 1. The van der Waals surface area contributed by atoms with E-state index < -0.39 is 0 Å². The summed E-state index contributed by atoms with van der Waals surface area (Å²) in [7, 11) is 6.05. The lowest BCUT2D eigenvalue weighted by atomic mass is 10.1. The van der Waals surface area contributed by atoms with E-state index in [0.29, 0.717) is 6.54 Å². The second-order valence-electron chi connectivity index (χ2n) is 5.81. The molecule has 1 amide bonds. The van der Waals surface area contributed by atoms with Gasteiger partial charge in [-0.05, 0) is 36.4 Å². The Morgan fingerprint density at radius 3 is 2.23 bits per heavy atom. The summed E-state index contributed by atoms with van der Waals surface area (Å²) in [5.74, 6) is 0.0610. The molecule has 4 nitrogen and oxygen atoms in total. The van der Waals surface area contributed by atoms with E-state index in [1.54, 1.807) is 0 Å². The van der Waals surface area contributed by atoms with Crippen LogP contribution >= 0.6 is 0 Å². The molecule has 0 fully saturated rings. The molecule has 0 radical (unpaired) electrons. The van der Waals surface area contributed by atoms with Crippen molar-refractivity contribution in [3.05, 3.63) is 54.1 Å². The highest BCUT2D eigenvalue weighted by molar-refractivity contribution is 6.08. The van der Waals surface area contributed by atoms with Crippen molar-refractivity contribution in [3.63, 3.8) is 0 Å². The van der Waals surface area contributed by atoms with Crippen LogP contribution in [-0.4, -0.2) is 40.1 Å². The molecule has 0 spiro atoms. The zero-order valence-electron chi connectivity index (χ0n) is 13.3. The number of anilines is 3. The van der Waals surface area contributed by atoms with Crippen molar-refractivity contribution in [2.24, 2.45) is 0 Å². The van der Waals surface area contributed by atoms with E-state index >= 15 is 0 Å². The Morgan fingerprint density at radius 2 is 1.59 bits per heavy atom. The summed E-state index contributed by atoms with van der Waals surface area (Å²) in [6, 6.07) is 15.8. The molecular formula is C18H21N3O. The number of hydrogen-bond acceptors (Lipinski definition) is 3. The maximum absolute atomic E-state index is 12.8. The Balaban J connectivity index is 1.91. The van der Waals surface area contributed by atoms with Gasteiger partial charge in [0.2, 0.25) is 0 Å². The SMILES string of the molecule is CN(C)c1ccc(C(=O)N2CCN(C)c3ccccc32)cc1. The highest BCUT2D eigenvalue weighted by atomic mass is 16.2. The number of para-hydroxylation sites is 2. The molecule has 0 bridgehead atoms. The second kappa shape index (κ2) is 5.72. The molecule has 3 rings (SSSR count). The third-order valence-corrected chi connectivity index (χ3v) is 4.12. The van der Waals surface area contributed by atoms with Crippen molar-refractivity contribution in [1.82, 2.24) is 0 Å². The average Bonchev–Trinajstić information content (AvgIpc) is 2.55. The number of nitrogens with zero attached hydrogens (tertiary/aromatic N) is 3. The van der Waals surface area contributed by atoms with Gasteiger partial charge < -0.3 is 14.7 Å². The zero-order chi connectivity index (χ0) is 15.7. The largest absolute Gasteiger partial charge is 0.378 e. The van der Waals surface area contributed by atoms with E-state index in [4.69, 9.17) is 0 Å². The van der Waals surface area contributed by atoms with Gasteiger partial charge in [0, 0.05) is 45.5 Å². The standard InChI is InChI=1S/C18H21N3O/c1-19(2)15-10-8-14(9-11-15)18(22)21-13-12-20(3)16-6-4-5-7-17(16)21/h4-11H,12-13H2,1-3H3. The summed E-state index contributed by atoms with van der Waals surface area (Å²) in [4.78, 5) is 18.9. The number of fused-ring (bicyclic) bond motifs is 1. The first kappa shape index (κ1) is 14.4. The maximum atomic E-state index is 12.8. The minimum Gasteiger partial charge on any atom is -0.378 e. The summed E-state index contributed by atoms with van der Waals surface area (Å²) in [6.07, 6.45) is 0. The van der Waals surface area contributed by atoms with Gasteiger partial charge in [-0.1, -0.05) is 12.1 Å². The Hall–Kier alpha value is -2.49. The summed E-state index contributed by atoms with van der Waals surface area (Å²) < 4.78 is 0. The lowest BCUT2D eigenvalue weighted by Crippen LogP contribution is -2.42. The number of amides is 1. The van der Waals surface area contributed by atoms with Gasteiger partial charge in [-0.25, -0.2) is 0 Å². The van der Waals surface area contributed by atoms with Gasteiger partial charge in [0.1, 0.15) is 0 Å². The molecular weight excluding hydrogens is 274 g/mol. The third kappa shape index (κ3) is 2.52. The second-order valence-corrected chi connectivity index (χ2v) is 5.81. The van der Waals surface area contributed by atoms with Crippen LogP contribution in [0.15, 0.2) is 48.5 Å². The molecule has 22 heavy (non-hydrogen) atoms. The van der Waals surface area contributed by atoms with Gasteiger partial charge in [-0.2, -0.15) is 0 Å². The molecule has 0 saturated heterocycles. The molecule has 0 aromatic heterocycles. The summed E-state index contributed by atoms with van der Waals surface area (Å²) in [5.41, 5.74) is 3.91. The van der Waals surface area contributed by atoms with Crippen LogP contribution in [0.2, 0.25) is 0 Å². The van der Waals surface area contributed by atoms with Gasteiger partial charge in [0.05, 0.1) is 11.4 Å². The van der Waals surface area contributed by atoms with Crippen LogP contribution in [-0.2, 0) is 0 Å². The number of hydrogen-bond donors (Lipinski definition) is 0. The van der Waals surface area contributed by atoms with Crippen LogP contribution in [0.5, 0.6) is 0 Å². The van der Waals surface area contributed by atoms with Crippen LogP contribution in [0.1, 0.15) is 10.4 Å². The van der Waals surface area contributed by atoms with E-state index in [9.17, 15) is 4.79 Å². The van der Waals surface area contributed by atoms with E-state index in [-0.39, 0.29) is 5.91 Å². The van der Waals surface area contributed by atoms with Crippen LogP contribution in [0, 0.1) is 0 Å². The van der Waals surface area contributed by atoms with Gasteiger partial charge in [0.25, 0.3) is 5.91 Å². The zero-order valence-corrected chi connectivity index (χ0v) is 13.3. The molecule has 0 N–H and O–H groups in total. The Labute approximate surface area is 131 Å². The fourth-order valence-electron chi connectivity index (χ4n) is 2.78. The van der Waals surface area contributed by atoms with Crippen molar-refractivity contribution in [1.29, 1.82) is 0 Å². The predicted octanol–water partition coefficient (Wildman–Crippen LogP) is 2.85. The topological polar surface area (TPSA) is 26.8 Å². The molecule has 0 saturated carbocycles. The highest BCUT2D eigenvalue weighted by Crippen LogP contribution is 2.32. The van der Waals surface area contributed by atoms with Crippen molar-refractivity contribution in [2.75, 3.05) is 48.9 Å². The van der Waals surface area contributed by atoms with Crippen molar-refractivity contribution < 1.29 is 4.79 Å². The van der Waals surface area contributed by atoms with E-state index in [0.717, 1.165) is 29.2 Å². The van der Waals surface area contributed by atoms with Crippen LogP contribution < -0.4 is 14.7 Å². The molecule has 2 aromatic carbocycles. The minimum absolute atomic E-state index is 0.0610. The van der Waals surface area contributed by atoms with Crippen LogP contribution in [0.4, 0.5) is 17.1 Å². The monoisotopic (exact) mass is 295 g/mol. The number of likely N-dealkylation sites (N-methyl/N-ethyl adjacent to an activating group) is 1. The molecule has 4 heteroatoms. The van der Waals surface area contributed by atoms with E-state index in [1.165, 1.54) is 0 Å². The summed E-state index contributed by atoms with van der Waals surface area (Å²) in [5, 5.41) is 0. The summed E-state index contributed by atoms with van der Waals surface area (Å²) in [6.45, 7) is 1.56. The Kier molecular flexibility index (Phi) is 3.75. The molecule has 114 valence electrons. The first-order valence-electron chi connectivity index (χ1n) is 7.47. The van der Waals surface area contributed by atoms with Crippen molar-refractivity contribution in [2.45, 2.75) is 0 Å². The van der Waals surface area contributed by atoms with Crippen molar-refractivity contribution >= 4 is 23.0 Å². The van der Waals surface area contributed by atoms with E-state index in [1.807, 2.05) is 66.4 Å². The first-order valence-corrected chi connectivity index (χ1v) is 7.47. The number of rotatable bonds is 2. The van der Waals surface area contributed by atoms with E-state index in [2.05, 4.69) is 18.0 Å². The fraction of sp³-hybridized carbons (Fsp3) is 0.278. The van der Waals surface area contributed by atoms with Crippen LogP contribution in [0.3, 0.4) is 0 Å². The highest BCUT2D eigenvalue weighted by Gasteiger charge is 2.25. The third-order valence-electron chi connectivity index (χ3n) is 4.12. The predicted molar refractivity (Wildman–Crippen MR) is 92.2 cm³/mol. The minimum atomic E-state index is 0.0610.